The molecule has 0 aliphatic carbocycles. The third-order valence-corrected chi connectivity index (χ3v) is 9.07. The summed E-state index contributed by atoms with van der Waals surface area (Å²) in [5, 5.41) is 15.5. The first-order valence-electron chi connectivity index (χ1n) is 13.2. The van der Waals surface area contributed by atoms with Gasteiger partial charge in [0.1, 0.15) is 17.7 Å². The molecule has 0 radical (unpaired) electrons. The molecular formula is C29H32ClFN4O6S. The molecule has 3 amide bonds. The fourth-order valence-corrected chi connectivity index (χ4v) is 5.79. The zero-order valence-electron chi connectivity index (χ0n) is 23.3. The predicted octanol–water partition coefficient (Wildman–Crippen LogP) is 4.66. The maximum Gasteiger partial charge on any atom is 0.323 e. The van der Waals surface area contributed by atoms with E-state index in [1.54, 1.807) is 13.0 Å². The molecule has 1 aliphatic rings. The van der Waals surface area contributed by atoms with Crippen molar-refractivity contribution in [2.45, 2.75) is 30.9 Å². The first-order valence-corrected chi connectivity index (χ1v) is 15.0. The summed E-state index contributed by atoms with van der Waals surface area (Å²) in [6.07, 6.45) is -0.669. The molecule has 0 saturated carbocycles. The molecule has 0 saturated heterocycles. The number of aliphatic hydroxyl groups is 1. The average Bonchev–Trinajstić information content (AvgIpc) is 2.96. The van der Waals surface area contributed by atoms with E-state index < -0.39 is 39.9 Å². The lowest BCUT2D eigenvalue weighted by Gasteiger charge is -2.38. The number of hydrogen-bond acceptors (Lipinski definition) is 6. The van der Waals surface area contributed by atoms with Crippen LogP contribution in [0, 0.1) is 11.7 Å². The highest BCUT2D eigenvalue weighted by Crippen LogP contribution is 2.31. The van der Waals surface area contributed by atoms with Gasteiger partial charge in [0.05, 0.1) is 29.7 Å². The molecule has 3 N–H and O–H groups in total. The third-order valence-electron chi connectivity index (χ3n) is 6.98. The quantitative estimate of drug-likeness (QED) is 0.337. The number of likely N-dealkylation sites (N-methyl/N-ethyl adjacent to an activating group) is 1. The van der Waals surface area contributed by atoms with Crippen molar-refractivity contribution >= 4 is 44.9 Å². The molecule has 0 spiro atoms. The number of nitrogens with zero attached hydrogens (tertiary/aromatic N) is 2. The molecule has 4 rings (SSSR count). The van der Waals surface area contributed by atoms with Crippen molar-refractivity contribution in [3.05, 3.63) is 83.1 Å². The number of sulfonamides is 1. The van der Waals surface area contributed by atoms with E-state index in [1.807, 2.05) is 6.92 Å². The van der Waals surface area contributed by atoms with E-state index in [4.69, 9.17) is 16.3 Å². The normalized spacial score (nSPS) is 18.0. The van der Waals surface area contributed by atoms with Gasteiger partial charge in [0.15, 0.2) is 0 Å². The van der Waals surface area contributed by atoms with Gasteiger partial charge in [0, 0.05) is 35.9 Å². The molecule has 3 aromatic carbocycles. The molecule has 10 nitrogen and oxygen atoms in total. The molecule has 0 aromatic heterocycles. The lowest BCUT2D eigenvalue weighted by molar-refractivity contribution is 0.0387. The second kappa shape index (κ2) is 13.1. The van der Waals surface area contributed by atoms with Gasteiger partial charge in [-0.3, -0.25) is 4.79 Å². The Morgan fingerprint density at radius 2 is 1.74 bits per heavy atom. The van der Waals surface area contributed by atoms with E-state index in [0.29, 0.717) is 10.7 Å². The number of hydrogen-bond donors (Lipinski definition) is 3. The van der Waals surface area contributed by atoms with Crippen LogP contribution in [0.15, 0.2) is 71.6 Å². The number of benzene rings is 3. The smallest absolute Gasteiger partial charge is 0.323 e. The Morgan fingerprint density at radius 1 is 1.12 bits per heavy atom. The Kier molecular flexibility index (Phi) is 9.72. The van der Waals surface area contributed by atoms with Gasteiger partial charge in [-0.2, -0.15) is 4.31 Å². The minimum absolute atomic E-state index is 0.0266. The van der Waals surface area contributed by atoms with E-state index in [2.05, 4.69) is 10.6 Å². The van der Waals surface area contributed by atoms with Crippen LogP contribution in [0.1, 0.15) is 24.2 Å². The second-order valence-electron chi connectivity index (χ2n) is 10.2. The molecule has 0 bridgehead atoms. The largest absolute Gasteiger partial charge is 0.488 e. The Labute approximate surface area is 249 Å². The maximum absolute atomic E-state index is 13.7. The topological polar surface area (TPSA) is 128 Å². The first kappa shape index (κ1) is 31.2. The van der Waals surface area contributed by atoms with Crippen molar-refractivity contribution in [2.24, 2.45) is 5.92 Å². The van der Waals surface area contributed by atoms with Gasteiger partial charge in [-0.25, -0.2) is 17.6 Å². The number of carbonyl (C=O) groups is 2. The van der Waals surface area contributed by atoms with Crippen LogP contribution >= 0.6 is 11.6 Å². The Balaban J connectivity index is 1.61. The molecule has 224 valence electrons. The number of aliphatic hydroxyl groups excluding tert-OH is 1. The monoisotopic (exact) mass is 618 g/mol. The SMILES string of the molecule is C[C@H]1CN([C@@H](C)CO)C(=O)c2cc(NC(=O)Nc3ccc(F)cc3)ccc2O[C@@H]1CN(C)S(=O)(=O)c1ccc(Cl)cc1. The molecule has 3 aromatic rings. The van der Waals surface area contributed by atoms with Gasteiger partial charge in [-0.15, -0.1) is 0 Å². The van der Waals surface area contributed by atoms with Crippen molar-refractivity contribution in [1.29, 1.82) is 0 Å². The summed E-state index contributed by atoms with van der Waals surface area (Å²) >= 11 is 5.92. The molecule has 1 aliphatic heterocycles. The van der Waals surface area contributed by atoms with Crippen molar-refractivity contribution in [1.82, 2.24) is 9.21 Å². The van der Waals surface area contributed by atoms with Gasteiger partial charge in [0.25, 0.3) is 5.91 Å². The molecule has 13 heteroatoms. The average molecular weight is 619 g/mol. The Morgan fingerprint density at radius 3 is 2.38 bits per heavy atom. The van der Waals surface area contributed by atoms with Crippen molar-refractivity contribution in [2.75, 3.05) is 37.4 Å². The number of halogens is 2. The number of anilines is 2. The second-order valence-corrected chi connectivity index (χ2v) is 12.6. The molecular weight excluding hydrogens is 587 g/mol. The Bertz CT molecular complexity index is 1540. The summed E-state index contributed by atoms with van der Waals surface area (Å²) in [7, 11) is -2.42. The lowest BCUT2D eigenvalue weighted by Crippen LogP contribution is -2.50. The summed E-state index contributed by atoms with van der Waals surface area (Å²) in [6.45, 7) is 3.42. The van der Waals surface area contributed by atoms with Crippen LogP contribution in [0.25, 0.3) is 0 Å². The fraction of sp³-hybridized carbons (Fsp3) is 0.310. The van der Waals surface area contributed by atoms with Crippen LogP contribution in [-0.4, -0.2) is 73.6 Å². The third kappa shape index (κ3) is 7.19. The minimum Gasteiger partial charge on any atom is -0.488 e. The molecule has 0 unspecified atom stereocenters. The van der Waals surface area contributed by atoms with Crippen LogP contribution in [0.5, 0.6) is 5.75 Å². The number of urea groups is 1. The van der Waals surface area contributed by atoms with Gasteiger partial charge >= 0.3 is 6.03 Å². The first-order chi connectivity index (χ1) is 19.9. The predicted molar refractivity (Wildman–Crippen MR) is 158 cm³/mol. The summed E-state index contributed by atoms with van der Waals surface area (Å²) in [5.41, 5.74) is 0.793. The number of rotatable bonds is 8. The number of ether oxygens (including phenoxy) is 1. The summed E-state index contributed by atoms with van der Waals surface area (Å²) < 4.78 is 47.2. The van der Waals surface area contributed by atoms with Gasteiger partial charge < -0.3 is 25.4 Å². The number of carbonyl (C=O) groups excluding carboxylic acids is 2. The molecule has 42 heavy (non-hydrogen) atoms. The minimum atomic E-state index is -3.87. The maximum atomic E-state index is 13.7. The molecule has 0 fully saturated rings. The zero-order valence-corrected chi connectivity index (χ0v) is 24.8. The van der Waals surface area contributed by atoms with E-state index in [9.17, 15) is 27.5 Å². The number of nitrogens with one attached hydrogen (secondary N) is 2. The summed E-state index contributed by atoms with van der Waals surface area (Å²) in [5.74, 6) is -0.975. The van der Waals surface area contributed by atoms with Crippen molar-refractivity contribution < 1.29 is 32.2 Å². The van der Waals surface area contributed by atoms with E-state index in [0.717, 1.165) is 0 Å². The van der Waals surface area contributed by atoms with E-state index >= 15 is 0 Å². The van der Waals surface area contributed by atoms with Crippen LogP contribution in [0.3, 0.4) is 0 Å². The van der Waals surface area contributed by atoms with Crippen molar-refractivity contribution in [3.63, 3.8) is 0 Å². The van der Waals surface area contributed by atoms with Crippen LogP contribution in [0.2, 0.25) is 5.02 Å². The Hall–Kier alpha value is -3.71. The van der Waals surface area contributed by atoms with E-state index in [1.165, 1.54) is 76.9 Å². The van der Waals surface area contributed by atoms with Gasteiger partial charge in [-0.05, 0) is 73.7 Å². The lowest BCUT2D eigenvalue weighted by atomic mass is 9.99. The van der Waals surface area contributed by atoms with E-state index in [-0.39, 0.29) is 47.5 Å². The van der Waals surface area contributed by atoms with Gasteiger partial charge in [0.2, 0.25) is 10.0 Å². The highest BCUT2D eigenvalue weighted by Gasteiger charge is 2.35. The van der Waals surface area contributed by atoms with Crippen LogP contribution in [-0.2, 0) is 10.0 Å². The number of fused-ring (bicyclic) bond motifs is 1. The fourth-order valence-electron chi connectivity index (χ4n) is 4.48. The molecule has 3 atom stereocenters. The highest BCUT2D eigenvalue weighted by molar-refractivity contribution is 7.89. The van der Waals surface area contributed by atoms with Crippen LogP contribution < -0.4 is 15.4 Å². The number of amides is 3. The van der Waals surface area contributed by atoms with Crippen LogP contribution in [0.4, 0.5) is 20.6 Å². The molecule has 1 heterocycles. The standard InChI is InChI=1S/C29H32ClFN4O6S/c1-18-15-35(19(2)17-36)28(37)25-14-23(33-29(38)32-22-8-6-21(31)7-9-22)10-13-26(25)41-27(18)16-34(3)42(39,40)24-11-4-20(30)5-12-24/h4-14,18-19,27,36H,15-17H2,1-3H3,(H2,32,33,38)/t18-,19-,27+/m0/s1. The highest BCUT2D eigenvalue weighted by atomic mass is 35.5. The van der Waals surface area contributed by atoms with Gasteiger partial charge in [-0.1, -0.05) is 18.5 Å². The summed E-state index contributed by atoms with van der Waals surface area (Å²) in [6, 6.07) is 14.5. The van der Waals surface area contributed by atoms with Crippen molar-refractivity contribution in [3.8, 4) is 5.75 Å². The summed E-state index contributed by atoms with van der Waals surface area (Å²) in [4.78, 5) is 27.8. The zero-order chi connectivity index (χ0) is 30.6.